The van der Waals surface area contributed by atoms with E-state index < -0.39 is 0 Å². The maximum absolute atomic E-state index is 5.98. The standard InChI is InChI=1S/C16H24N2O/c1-2-7-18-8-5-14(11-17)16(18)13-3-4-15-12(10-13)6-9-19-15/h3-4,10,14,16H,2,5-9,11,17H2,1H3. The molecular weight excluding hydrogens is 236 g/mol. The third kappa shape index (κ3) is 2.37. The van der Waals surface area contributed by atoms with Crippen molar-refractivity contribution in [3.05, 3.63) is 29.3 Å². The number of nitrogens with two attached hydrogens (primary N) is 1. The zero-order chi connectivity index (χ0) is 13.2. The van der Waals surface area contributed by atoms with Gasteiger partial charge in [-0.2, -0.15) is 0 Å². The van der Waals surface area contributed by atoms with E-state index in [2.05, 4.69) is 30.0 Å². The molecular formula is C16H24N2O. The molecule has 3 heteroatoms. The van der Waals surface area contributed by atoms with Crippen LogP contribution in [0.2, 0.25) is 0 Å². The number of benzene rings is 1. The van der Waals surface area contributed by atoms with Crippen LogP contribution in [0.3, 0.4) is 0 Å². The number of likely N-dealkylation sites (tertiary alicyclic amines) is 1. The van der Waals surface area contributed by atoms with Crippen molar-refractivity contribution in [2.45, 2.75) is 32.2 Å². The third-order valence-electron chi connectivity index (χ3n) is 4.50. The fraction of sp³-hybridized carbons (Fsp3) is 0.625. The molecule has 1 aromatic rings. The second kappa shape index (κ2) is 5.51. The maximum Gasteiger partial charge on any atom is 0.122 e. The van der Waals surface area contributed by atoms with Crippen molar-refractivity contribution in [3.8, 4) is 5.75 Å². The Morgan fingerprint density at radius 2 is 2.32 bits per heavy atom. The first-order valence-electron chi connectivity index (χ1n) is 7.53. The molecule has 0 bridgehead atoms. The summed E-state index contributed by atoms with van der Waals surface area (Å²) in [5.41, 5.74) is 8.79. The highest BCUT2D eigenvalue weighted by molar-refractivity contribution is 5.41. The minimum atomic E-state index is 0.510. The lowest BCUT2D eigenvalue weighted by Gasteiger charge is -2.28. The van der Waals surface area contributed by atoms with E-state index in [0.717, 1.165) is 25.3 Å². The molecule has 0 radical (unpaired) electrons. The van der Waals surface area contributed by atoms with E-state index in [4.69, 9.17) is 10.5 Å². The molecule has 0 spiro atoms. The highest BCUT2D eigenvalue weighted by Crippen LogP contribution is 2.39. The van der Waals surface area contributed by atoms with Gasteiger partial charge in [0.15, 0.2) is 0 Å². The lowest BCUT2D eigenvalue weighted by molar-refractivity contribution is 0.230. The molecule has 2 aliphatic rings. The van der Waals surface area contributed by atoms with E-state index in [1.807, 2.05) is 0 Å². The lowest BCUT2D eigenvalue weighted by Crippen LogP contribution is -2.28. The Bertz CT molecular complexity index is 446. The quantitative estimate of drug-likeness (QED) is 0.903. The van der Waals surface area contributed by atoms with E-state index in [1.54, 1.807) is 0 Å². The van der Waals surface area contributed by atoms with Crippen molar-refractivity contribution >= 4 is 0 Å². The number of hydrogen-bond donors (Lipinski definition) is 1. The Morgan fingerprint density at radius 3 is 3.11 bits per heavy atom. The number of rotatable bonds is 4. The van der Waals surface area contributed by atoms with Crippen LogP contribution in [0.1, 0.15) is 36.9 Å². The van der Waals surface area contributed by atoms with Crippen molar-refractivity contribution in [3.63, 3.8) is 0 Å². The van der Waals surface area contributed by atoms with Crippen LogP contribution in [0.4, 0.5) is 0 Å². The topological polar surface area (TPSA) is 38.5 Å². The van der Waals surface area contributed by atoms with Gasteiger partial charge in [0.05, 0.1) is 6.61 Å². The molecule has 1 fully saturated rings. The predicted molar refractivity (Wildman–Crippen MR) is 77.4 cm³/mol. The molecule has 2 atom stereocenters. The van der Waals surface area contributed by atoms with Crippen molar-refractivity contribution in [1.82, 2.24) is 4.90 Å². The van der Waals surface area contributed by atoms with Crippen LogP contribution in [-0.2, 0) is 6.42 Å². The Balaban J connectivity index is 1.88. The molecule has 104 valence electrons. The predicted octanol–water partition coefficient (Wildman–Crippen LogP) is 2.35. The van der Waals surface area contributed by atoms with Gasteiger partial charge in [-0.3, -0.25) is 4.90 Å². The average Bonchev–Trinajstić information content (AvgIpc) is 3.04. The van der Waals surface area contributed by atoms with Gasteiger partial charge in [-0.1, -0.05) is 19.1 Å². The van der Waals surface area contributed by atoms with Gasteiger partial charge in [0.25, 0.3) is 0 Å². The molecule has 0 aromatic heterocycles. The SMILES string of the molecule is CCCN1CCC(CN)C1c1ccc2c(c1)CCO2. The van der Waals surface area contributed by atoms with Gasteiger partial charge in [-0.15, -0.1) is 0 Å². The lowest BCUT2D eigenvalue weighted by atomic mass is 9.92. The van der Waals surface area contributed by atoms with Crippen LogP contribution >= 0.6 is 0 Å². The molecule has 19 heavy (non-hydrogen) atoms. The number of hydrogen-bond acceptors (Lipinski definition) is 3. The monoisotopic (exact) mass is 260 g/mol. The van der Waals surface area contributed by atoms with E-state index in [-0.39, 0.29) is 0 Å². The number of nitrogens with zero attached hydrogens (tertiary/aromatic N) is 1. The summed E-state index contributed by atoms with van der Waals surface area (Å²) in [4.78, 5) is 2.61. The molecule has 2 N–H and O–H groups in total. The summed E-state index contributed by atoms with van der Waals surface area (Å²) in [5.74, 6) is 1.68. The minimum absolute atomic E-state index is 0.510. The van der Waals surface area contributed by atoms with E-state index >= 15 is 0 Å². The molecule has 3 nitrogen and oxygen atoms in total. The Morgan fingerprint density at radius 1 is 1.42 bits per heavy atom. The zero-order valence-electron chi connectivity index (χ0n) is 11.8. The van der Waals surface area contributed by atoms with Crippen LogP contribution in [-0.4, -0.2) is 31.1 Å². The van der Waals surface area contributed by atoms with Crippen LogP contribution < -0.4 is 10.5 Å². The summed E-state index contributed by atoms with van der Waals surface area (Å²) >= 11 is 0. The fourth-order valence-electron chi connectivity index (χ4n) is 3.59. The highest BCUT2D eigenvalue weighted by atomic mass is 16.5. The molecule has 0 aliphatic carbocycles. The van der Waals surface area contributed by atoms with Gasteiger partial charge >= 0.3 is 0 Å². The summed E-state index contributed by atoms with van der Waals surface area (Å²) < 4.78 is 5.61. The van der Waals surface area contributed by atoms with Crippen LogP contribution in [0.5, 0.6) is 5.75 Å². The van der Waals surface area contributed by atoms with E-state index in [1.165, 1.54) is 37.1 Å². The van der Waals surface area contributed by atoms with Crippen LogP contribution in [0.15, 0.2) is 18.2 Å². The van der Waals surface area contributed by atoms with Gasteiger partial charge < -0.3 is 10.5 Å². The highest BCUT2D eigenvalue weighted by Gasteiger charge is 2.34. The molecule has 0 saturated carbocycles. The number of ether oxygens (including phenoxy) is 1. The van der Waals surface area contributed by atoms with E-state index in [0.29, 0.717) is 12.0 Å². The average molecular weight is 260 g/mol. The molecule has 1 saturated heterocycles. The smallest absolute Gasteiger partial charge is 0.122 e. The Labute approximate surface area is 115 Å². The van der Waals surface area contributed by atoms with Crippen molar-refractivity contribution in [2.75, 3.05) is 26.2 Å². The molecule has 3 rings (SSSR count). The first kappa shape index (κ1) is 12.9. The Kier molecular flexibility index (Phi) is 3.76. The van der Waals surface area contributed by atoms with E-state index in [9.17, 15) is 0 Å². The van der Waals surface area contributed by atoms with Gasteiger partial charge in [0, 0.05) is 12.5 Å². The third-order valence-corrected chi connectivity index (χ3v) is 4.50. The largest absolute Gasteiger partial charge is 0.493 e. The van der Waals surface area contributed by atoms with Gasteiger partial charge in [-0.25, -0.2) is 0 Å². The second-order valence-corrected chi connectivity index (χ2v) is 5.73. The van der Waals surface area contributed by atoms with Crippen molar-refractivity contribution in [1.29, 1.82) is 0 Å². The molecule has 2 aliphatic heterocycles. The summed E-state index contributed by atoms with van der Waals surface area (Å²) in [6, 6.07) is 7.25. The van der Waals surface area contributed by atoms with Gasteiger partial charge in [0.1, 0.15) is 5.75 Å². The van der Waals surface area contributed by atoms with Crippen molar-refractivity contribution in [2.24, 2.45) is 11.7 Å². The van der Waals surface area contributed by atoms with Gasteiger partial charge in [-0.05, 0) is 55.6 Å². The fourth-order valence-corrected chi connectivity index (χ4v) is 3.59. The molecule has 2 unspecified atom stereocenters. The molecule has 1 aromatic carbocycles. The Hall–Kier alpha value is -1.06. The maximum atomic E-state index is 5.98. The molecule has 0 amide bonds. The first-order valence-corrected chi connectivity index (χ1v) is 7.53. The van der Waals surface area contributed by atoms with Crippen LogP contribution in [0, 0.1) is 5.92 Å². The first-order chi connectivity index (χ1) is 9.33. The normalized spacial score (nSPS) is 26.4. The minimum Gasteiger partial charge on any atom is -0.493 e. The molecule has 2 heterocycles. The number of fused-ring (bicyclic) bond motifs is 1. The summed E-state index contributed by atoms with van der Waals surface area (Å²) in [6.07, 6.45) is 3.49. The van der Waals surface area contributed by atoms with Crippen LogP contribution in [0.25, 0.3) is 0 Å². The summed E-state index contributed by atoms with van der Waals surface area (Å²) in [5, 5.41) is 0. The van der Waals surface area contributed by atoms with Gasteiger partial charge in [0.2, 0.25) is 0 Å². The second-order valence-electron chi connectivity index (χ2n) is 5.73. The van der Waals surface area contributed by atoms with Crippen molar-refractivity contribution < 1.29 is 4.74 Å². The summed E-state index contributed by atoms with van der Waals surface area (Å²) in [7, 11) is 0. The zero-order valence-corrected chi connectivity index (χ0v) is 11.8. The summed E-state index contributed by atoms with van der Waals surface area (Å²) in [6.45, 7) is 6.24.